The Bertz CT molecular complexity index is 683. The van der Waals surface area contributed by atoms with E-state index in [0.717, 1.165) is 25.9 Å². The predicted octanol–water partition coefficient (Wildman–Crippen LogP) is 3.39. The standard InChI is InChI=1S/C22H32N2O/c1-15(2)21(25)24-11-9-22-8-5-10-23(4)20(19(22)14-24)13-17-7-6-16(3)12-18(17)22/h6-7,12,15,19-20H,5,8-11,13-14H2,1-4H3/t19-,20+,22+/m0/s1. The van der Waals surface area contributed by atoms with Gasteiger partial charge in [-0.3, -0.25) is 4.79 Å². The average molecular weight is 341 g/mol. The van der Waals surface area contributed by atoms with Crippen LogP contribution in [0.15, 0.2) is 18.2 Å². The van der Waals surface area contributed by atoms with E-state index in [1.54, 1.807) is 11.1 Å². The summed E-state index contributed by atoms with van der Waals surface area (Å²) in [6.45, 7) is 9.35. The molecule has 25 heavy (non-hydrogen) atoms. The summed E-state index contributed by atoms with van der Waals surface area (Å²) in [5, 5.41) is 0. The maximum atomic E-state index is 12.7. The molecule has 2 fully saturated rings. The number of likely N-dealkylation sites (tertiary alicyclic amines) is 2. The van der Waals surface area contributed by atoms with Crippen molar-refractivity contribution < 1.29 is 4.79 Å². The smallest absolute Gasteiger partial charge is 0.225 e. The second-order valence-electron chi connectivity index (χ2n) is 8.97. The van der Waals surface area contributed by atoms with Crippen molar-refractivity contribution in [2.45, 2.75) is 57.9 Å². The molecule has 2 saturated heterocycles. The number of aryl methyl sites for hydroxylation is 1. The molecule has 0 unspecified atom stereocenters. The van der Waals surface area contributed by atoms with Crippen molar-refractivity contribution >= 4 is 5.91 Å². The summed E-state index contributed by atoms with van der Waals surface area (Å²) in [5.74, 6) is 1.02. The highest BCUT2D eigenvalue weighted by atomic mass is 16.2. The molecule has 1 aliphatic carbocycles. The first-order valence-electron chi connectivity index (χ1n) is 10.0. The minimum absolute atomic E-state index is 0.104. The van der Waals surface area contributed by atoms with E-state index >= 15 is 0 Å². The average Bonchev–Trinajstić information content (AvgIpc) is 2.69. The lowest BCUT2D eigenvalue weighted by atomic mass is 9.56. The van der Waals surface area contributed by atoms with Crippen molar-refractivity contribution in [3.05, 3.63) is 34.9 Å². The maximum Gasteiger partial charge on any atom is 0.225 e. The summed E-state index contributed by atoms with van der Waals surface area (Å²) >= 11 is 0. The highest BCUT2D eigenvalue weighted by molar-refractivity contribution is 5.78. The first-order valence-corrected chi connectivity index (χ1v) is 10.0. The maximum absolute atomic E-state index is 12.7. The van der Waals surface area contributed by atoms with E-state index < -0.39 is 0 Å². The zero-order chi connectivity index (χ0) is 17.8. The molecule has 3 heteroatoms. The van der Waals surface area contributed by atoms with Gasteiger partial charge in [-0.15, -0.1) is 0 Å². The van der Waals surface area contributed by atoms with Gasteiger partial charge in [0.1, 0.15) is 0 Å². The van der Waals surface area contributed by atoms with Crippen LogP contribution < -0.4 is 0 Å². The van der Waals surface area contributed by atoms with E-state index in [1.165, 1.54) is 24.9 Å². The molecule has 136 valence electrons. The first-order chi connectivity index (χ1) is 11.9. The van der Waals surface area contributed by atoms with Crippen LogP contribution in [0, 0.1) is 18.8 Å². The van der Waals surface area contributed by atoms with Crippen LogP contribution in [0.5, 0.6) is 0 Å². The molecule has 4 rings (SSSR count). The number of carbonyl (C=O) groups excluding carboxylic acids is 1. The van der Waals surface area contributed by atoms with Crippen LogP contribution in [0.1, 0.15) is 49.8 Å². The Morgan fingerprint density at radius 1 is 1.24 bits per heavy atom. The number of hydrogen-bond acceptors (Lipinski definition) is 2. The van der Waals surface area contributed by atoms with Gasteiger partial charge >= 0.3 is 0 Å². The van der Waals surface area contributed by atoms with Crippen molar-refractivity contribution in [3.8, 4) is 0 Å². The van der Waals surface area contributed by atoms with Crippen molar-refractivity contribution in [1.82, 2.24) is 9.80 Å². The quantitative estimate of drug-likeness (QED) is 0.782. The Morgan fingerprint density at radius 2 is 2.04 bits per heavy atom. The second-order valence-corrected chi connectivity index (χ2v) is 8.97. The van der Waals surface area contributed by atoms with Gasteiger partial charge in [0.15, 0.2) is 0 Å². The molecule has 0 saturated carbocycles. The van der Waals surface area contributed by atoms with E-state index in [9.17, 15) is 4.79 Å². The number of nitrogens with zero attached hydrogens (tertiary/aromatic N) is 2. The lowest BCUT2D eigenvalue weighted by Crippen LogP contribution is -2.60. The Balaban J connectivity index is 1.78. The Labute approximate surface area is 152 Å². The van der Waals surface area contributed by atoms with Gasteiger partial charge in [0.25, 0.3) is 0 Å². The van der Waals surface area contributed by atoms with Gasteiger partial charge in [-0.2, -0.15) is 0 Å². The molecule has 3 nitrogen and oxygen atoms in total. The highest BCUT2D eigenvalue weighted by Crippen LogP contribution is 2.52. The summed E-state index contributed by atoms with van der Waals surface area (Å²) in [5.41, 5.74) is 4.83. The van der Waals surface area contributed by atoms with Crippen molar-refractivity contribution in [2.75, 3.05) is 26.7 Å². The van der Waals surface area contributed by atoms with Crippen LogP contribution in [0.4, 0.5) is 0 Å². The molecular formula is C22H32N2O. The van der Waals surface area contributed by atoms with E-state index in [1.807, 2.05) is 13.8 Å². The Kier molecular flexibility index (Phi) is 4.18. The molecule has 0 N–H and O–H groups in total. The summed E-state index contributed by atoms with van der Waals surface area (Å²) in [6.07, 6.45) is 4.83. The zero-order valence-corrected chi connectivity index (χ0v) is 16.2. The minimum Gasteiger partial charge on any atom is -0.342 e. The van der Waals surface area contributed by atoms with Gasteiger partial charge in [0.2, 0.25) is 5.91 Å². The van der Waals surface area contributed by atoms with Crippen molar-refractivity contribution in [3.63, 3.8) is 0 Å². The normalized spacial score (nSPS) is 32.1. The number of rotatable bonds is 1. The molecule has 0 aromatic heterocycles. The fourth-order valence-electron chi connectivity index (χ4n) is 5.83. The Morgan fingerprint density at radius 3 is 2.80 bits per heavy atom. The van der Waals surface area contributed by atoms with E-state index in [-0.39, 0.29) is 11.3 Å². The van der Waals surface area contributed by atoms with Crippen LogP contribution in [0.2, 0.25) is 0 Å². The van der Waals surface area contributed by atoms with E-state index in [2.05, 4.69) is 42.0 Å². The largest absolute Gasteiger partial charge is 0.342 e. The molecule has 2 heterocycles. The molecule has 0 radical (unpaired) electrons. The van der Waals surface area contributed by atoms with Crippen LogP contribution >= 0.6 is 0 Å². The van der Waals surface area contributed by atoms with Crippen LogP contribution in [0.3, 0.4) is 0 Å². The van der Waals surface area contributed by atoms with Gasteiger partial charge in [0.05, 0.1) is 0 Å². The summed E-state index contributed by atoms with van der Waals surface area (Å²) < 4.78 is 0. The SMILES string of the molecule is Cc1ccc2c(c1)[C@]13CCCN(C)[C@H](C2)[C@@H]1CN(C(=O)C(C)C)CC3. The van der Waals surface area contributed by atoms with Crippen LogP contribution in [0.25, 0.3) is 0 Å². The predicted molar refractivity (Wildman–Crippen MR) is 102 cm³/mol. The lowest BCUT2D eigenvalue weighted by molar-refractivity contribution is -0.138. The molecule has 3 atom stereocenters. The molecule has 1 aromatic carbocycles. The molecular weight excluding hydrogens is 308 g/mol. The minimum atomic E-state index is 0.104. The summed E-state index contributed by atoms with van der Waals surface area (Å²) in [4.78, 5) is 17.4. The summed E-state index contributed by atoms with van der Waals surface area (Å²) in [6, 6.07) is 7.68. The van der Waals surface area contributed by atoms with Crippen molar-refractivity contribution in [1.29, 1.82) is 0 Å². The third kappa shape index (κ3) is 2.63. The van der Waals surface area contributed by atoms with E-state index in [0.29, 0.717) is 17.9 Å². The first kappa shape index (κ1) is 17.1. The fraction of sp³-hybridized carbons (Fsp3) is 0.682. The van der Waals surface area contributed by atoms with Gasteiger partial charge in [0, 0.05) is 36.4 Å². The monoisotopic (exact) mass is 340 g/mol. The number of piperidine rings is 1. The van der Waals surface area contributed by atoms with Gasteiger partial charge in [-0.1, -0.05) is 37.6 Å². The molecule has 2 bridgehead atoms. The number of amides is 1. The zero-order valence-electron chi connectivity index (χ0n) is 16.2. The van der Waals surface area contributed by atoms with Gasteiger partial charge in [-0.25, -0.2) is 0 Å². The molecule has 0 spiro atoms. The second kappa shape index (κ2) is 6.12. The number of likely N-dealkylation sites (N-methyl/N-ethyl adjacent to an activating group) is 1. The van der Waals surface area contributed by atoms with Crippen LogP contribution in [-0.4, -0.2) is 48.4 Å². The van der Waals surface area contributed by atoms with Gasteiger partial charge in [-0.05, 0) is 57.3 Å². The Hall–Kier alpha value is -1.35. The number of carbonyl (C=O) groups is 1. The number of hydrogen-bond donors (Lipinski definition) is 0. The summed E-state index contributed by atoms with van der Waals surface area (Å²) in [7, 11) is 2.29. The molecule has 3 aliphatic rings. The van der Waals surface area contributed by atoms with Crippen LogP contribution in [-0.2, 0) is 16.6 Å². The van der Waals surface area contributed by atoms with Crippen molar-refractivity contribution in [2.24, 2.45) is 11.8 Å². The van der Waals surface area contributed by atoms with E-state index in [4.69, 9.17) is 0 Å². The fourth-order valence-corrected chi connectivity index (χ4v) is 5.83. The lowest BCUT2D eigenvalue weighted by Gasteiger charge is -2.55. The van der Waals surface area contributed by atoms with Gasteiger partial charge < -0.3 is 9.80 Å². The molecule has 1 amide bonds. The molecule has 1 aromatic rings. The topological polar surface area (TPSA) is 23.6 Å². The third-order valence-corrected chi connectivity index (χ3v) is 7.16. The number of fused-ring (bicyclic) bond motifs is 1. The highest BCUT2D eigenvalue weighted by Gasteiger charge is 2.53. The molecule has 2 aliphatic heterocycles. The third-order valence-electron chi connectivity index (χ3n) is 7.16. The number of benzene rings is 1.